The molecule has 0 aromatic rings. The molecular formula is C14H26N2O2. The van der Waals surface area contributed by atoms with Crippen LogP contribution in [0.2, 0.25) is 0 Å². The van der Waals surface area contributed by atoms with Crippen molar-refractivity contribution in [1.82, 2.24) is 5.32 Å². The Morgan fingerprint density at radius 1 is 1.39 bits per heavy atom. The maximum absolute atomic E-state index is 12.1. The van der Waals surface area contributed by atoms with E-state index in [-0.39, 0.29) is 11.4 Å². The first-order chi connectivity index (χ1) is 8.57. The van der Waals surface area contributed by atoms with Crippen molar-refractivity contribution in [1.29, 1.82) is 0 Å². The van der Waals surface area contributed by atoms with Gasteiger partial charge in [-0.2, -0.15) is 0 Å². The number of carbonyl (C=O) groups excluding carboxylic acids is 1. The van der Waals surface area contributed by atoms with Crippen molar-refractivity contribution in [2.75, 3.05) is 13.2 Å². The molecule has 0 radical (unpaired) electrons. The van der Waals surface area contributed by atoms with Gasteiger partial charge in [0.15, 0.2) is 0 Å². The van der Waals surface area contributed by atoms with E-state index in [0.29, 0.717) is 25.0 Å². The minimum Gasteiger partial charge on any atom is -0.379 e. The van der Waals surface area contributed by atoms with Crippen LogP contribution in [-0.2, 0) is 9.53 Å². The van der Waals surface area contributed by atoms with Gasteiger partial charge in [-0.15, -0.1) is 0 Å². The van der Waals surface area contributed by atoms with E-state index in [0.717, 1.165) is 45.1 Å². The van der Waals surface area contributed by atoms with E-state index in [1.807, 2.05) is 0 Å². The summed E-state index contributed by atoms with van der Waals surface area (Å²) in [6.45, 7) is 3.56. The number of hydrogen-bond acceptors (Lipinski definition) is 3. The van der Waals surface area contributed by atoms with Crippen LogP contribution in [0.5, 0.6) is 0 Å². The highest BCUT2D eigenvalue weighted by atomic mass is 16.5. The summed E-state index contributed by atoms with van der Waals surface area (Å²) in [7, 11) is 0. The quantitative estimate of drug-likeness (QED) is 0.803. The number of amides is 1. The van der Waals surface area contributed by atoms with Crippen molar-refractivity contribution >= 4 is 5.91 Å². The molecule has 0 spiro atoms. The average Bonchev–Trinajstić information content (AvgIpc) is 2.32. The first-order valence-electron chi connectivity index (χ1n) is 7.22. The number of nitrogens with two attached hydrogens (primary N) is 1. The average molecular weight is 254 g/mol. The Balaban J connectivity index is 1.74. The number of nitrogens with one attached hydrogen (secondary N) is 1. The van der Waals surface area contributed by atoms with Gasteiger partial charge >= 0.3 is 0 Å². The van der Waals surface area contributed by atoms with E-state index in [4.69, 9.17) is 10.5 Å². The van der Waals surface area contributed by atoms with Crippen LogP contribution in [0, 0.1) is 5.92 Å². The fourth-order valence-electron chi connectivity index (χ4n) is 3.07. The summed E-state index contributed by atoms with van der Waals surface area (Å²) in [6.07, 6.45) is 7.05. The van der Waals surface area contributed by atoms with Crippen molar-refractivity contribution < 1.29 is 9.53 Å². The summed E-state index contributed by atoms with van der Waals surface area (Å²) < 4.78 is 5.46. The van der Waals surface area contributed by atoms with Crippen LogP contribution in [-0.4, -0.2) is 30.7 Å². The van der Waals surface area contributed by atoms with Crippen LogP contribution in [0.1, 0.15) is 51.9 Å². The molecule has 3 N–H and O–H groups in total. The second-order valence-corrected chi connectivity index (χ2v) is 6.25. The molecule has 1 aliphatic carbocycles. The standard InChI is InChI=1S/C14H26N2O2/c1-14(7-2-8-18-10-14)16-13(17)9-11-3-5-12(15)6-4-11/h11-12H,2-10,15H2,1H3,(H,16,17). The SMILES string of the molecule is CC1(NC(=O)CC2CCC(N)CC2)CCCOC1. The lowest BCUT2D eigenvalue weighted by atomic mass is 9.84. The third-order valence-electron chi connectivity index (χ3n) is 4.24. The van der Waals surface area contributed by atoms with E-state index in [9.17, 15) is 4.79 Å². The van der Waals surface area contributed by atoms with Crippen LogP contribution < -0.4 is 11.1 Å². The summed E-state index contributed by atoms with van der Waals surface area (Å²) >= 11 is 0. The van der Waals surface area contributed by atoms with Crippen molar-refractivity contribution in [3.8, 4) is 0 Å². The minimum absolute atomic E-state index is 0.152. The molecule has 1 heterocycles. The van der Waals surface area contributed by atoms with E-state index in [1.165, 1.54) is 0 Å². The number of hydrogen-bond donors (Lipinski definition) is 2. The molecule has 1 saturated carbocycles. The molecule has 0 bridgehead atoms. The molecule has 1 unspecified atom stereocenters. The third-order valence-corrected chi connectivity index (χ3v) is 4.24. The maximum Gasteiger partial charge on any atom is 0.220 e. The molecule has 4 nitrogen and oxygen atoms in total. The van der Waals surface area contributed by atoms with Crippen LogP contribution in [0.25, 0.3) is 0 Å². The van der Waals surface area contributed by atoms with Gasteiger partial charge < -0.3 is 15.8 Å². The van der Waals surface area contributed by atoms with Crippen molar-refractivity contribution in [3.05, 3.63) is 0 Å². The third kappa shape index (κ3) is 3.95. The molecule has 2 aliphatic rings. The van der Waals surface area contributed by atoms with Crippen LogP contribution in [0.15, 0.2) is 0 Å². The van der Waals surface area contributed by atoms with Gasteiger partial charge in [0, 0.05) is 19.1 Å². The Kier molecular flexibility index (Phi) is 4.62. The van der Waals surface area contributed by atoms with Crippen LogP contribution in [0.4, 0.5) is 0 Å². The predicted octanol–water partition coefficient (Wildman–Crippen LogP) is 1.58. The molecule has 1 amide bonds. The Hall–Kier alpha value is -0.610. The highest BCUT2D eigenvalue weighted by Crippen LogP contribution is 2.26. The summed E-state index contributed by atoms with van der Waals surface area (Å²) in [5.74, 6) is 0.710. The number of ether oxygens (including phenoxy) is 1. The van der Waals surface area contributed by atoms with Crippen molar-refractivity contribution in [2.24, 2.45) is 11.7 Å². The van der Waals surface area contributed by atoms with Gasteiger partial charge in [0.05, 0.1) is 12.1 Å². The summed E-state index contributed by atoms with van der Waals surface area (Å²) in [5, 5.41) is 3.16. The molecule has 2 fully saturated rings. The van der Waals surface area contributed by atoms with E-state index in [1.54, 1.807) is 0 Å². The molecule has 1 saturated heterocycles. The van der Waals surface area contributed by atoms with Gasteiger partial charge in [0.1, 0.15) is 0 Å². The molecular weight excluding hydrogens is 228 g/mol. The fraction of sp³-hybridized carbons (Fsp3) is 0.929. The topological polar surface area (TPSA) is 64.4 Å². The predicted molar refractivity (Wildman–Crippen MR) is 71.2 cm³/mol. The van der Waals surface area contributed by atoms with Gasteiger partial charge in [0.25, 0.3) is 0 Å². The molecule has 0 aromatic heterocycles. The number of carbonyl (C=O) groups is 1. The Bertz CT molecular complexity index is 280. The molecule has 4 heteroatoms. The van der Waals surface area contributed by atoms with E-state index in [2.05, 4.69) is 12.2 Å². The Morgan fingerprint density at radius 2 is 2.11 bits per heavy atom. The zero-order chi connectivity index (χ0) is 13.0. The van der Waals surface area contributed by atoms with Crippen molar-refractivity contribution in [2.45, 2.75) is 63.5 Å². The Labute approximate surface area is 110 Å². The lowest BCUT2D eigenvalue weighted by Gasteiger charge is -2.35. The normalized spacial score (nSPS) is 37.2. The first-order valence-corrected chi connectivity index (χ1v) is 7.22. The van der Waals surface area contributed by atoms with Gasteiger partial charge in [-0.3, -0.25) is 4.79 Å². The minimum atomic E-state index is -0.152. The lowest BCUT2D eigenvalue weighted by Crippen LogP contribution is -2.52. The molecule has 0 aromatic carbocycles. The molecule has 104 valence electrons. The Morgan fingerprint density at radius 3 is 2.72 bits per heavy atom. The van der Waals surface area contributed by atoms with Crippen molar-refractivity contribution in [3.63, 3.8) is 0 Å². The summed E-state index contributed by atoms with van der Waals surface area (Å²) in [5.41, 5.74) is 5.73. The smallest absolute Gasteiger partial charge is 0.220 e. The maximum atomic E-state index is 12.1. The van der Waals surface area contributed by atoms with Gasteiger partial charge in [-0.1, -0.05) is 0 Å². The van der Waals surface area contributed by atoms with E-state index >= 15 is 0 Å². The summed E-state index contributed by atoms with van der Waals surface area (Å²) in [4.78, 5) is 12.1. The number of rotatable bonds is 3. The summed E-state index contributed by atoms with van der Waals surface area (Å²) in [6, 6.07) is 0.355. The highest BCUT2D eigenvalue weighted by molar-refractivity contribution is 5.77. The molecule has 18 heavy (non-hydrogen) atoms. The fourth-order valence-corrected chi connectivity index (χ4v) is 3.07. The largest absolute Gasteiger partial charge is 0.379 e. The molecule has 1 atom stereocenters. The second-order valence-electron chi connectivity index (χ2n) is 6.25. The highest BCUT2D eigenvalue weighted by Gasteiger charge is 2.30. The first kappa shape index (κ1) is 13.8. The van der Waals surface area contributed by atoms with E-state index < -0.39 is 0 Å². The second kappa shape index (κ2) is 6.02. The van der Waals surface area contributed by atoms with Crippen LogP contribution in [0.3, 0.4) is 0 Å². The van der Waals surface area contributed by atoms with Crippen LogP contribution >= 0.6 is 0 Å². The lowest BCUT2D eigenvalue weighted by molar-refractivity contribution is -0.125. The molecule has 1 aliphatic heterocycles. The monoisotopic (exact) mass is 254 g/mol. The molecule has 2 rings (SSSR count). The zero-order valence-corrected chi connectivity index (χ0v) is 11.4. The van der Waals surface area contributed by atoms with Gasteiger partial charge in [-0.05, 0) is 51.4 Å². The van der Waals surface area contributed by atoms with Gasteiger partial charge in [-0.25, -0.2) is 0 Å². The van der Waals surface area contributed by atoms with Gasteiger partial charge in [0.2, 0.25) is 5.91 Å². The zero-order valence-electron chi connectivity index (χ0n) is 11.4.